The zero-order valence-corrected chi connectivity index (χ0v) is 14.6. The Bertz CT molecular complexity index is 1050. The van der Waals surface area contributed by atoms with Gasteiger partial charge < -0.3 is 4.74 Å². The molecule has 2 aliphatic rings. The molecule has 2 unspecified atom stereocenters. The highest BCUT2D eigenvalue weighted by Gasteiger charge is 2.40. The van der Waals surface area contributed by atoms with E-state index in [1.54, 1.807) is 0 Å². The van der Waals surface area contributed by atoms with E-state index in [0.717, 1.165) is 34.6 Å². The second-order valence-corrected chi connectivity index (χ2v) is 6.75. The van der Waals surface area contributed by atoms with Crippen LogP contribution in [-0.2, 0) is 0 Å². The van der Waals surface area contributed by atoms with Gasteiger partial charge in [0.15, 0.2) is 0 Å². The van der Waals surface area contributed by atoms with E-state index in [1.165, 1.54) is 0 Å². The molecule has 4 heteroatoms. The van der Waals surface area contributed by atoms with Gasteiger partial charge in [0.2, 0.25) is 6.23 Å². The molecule has 27 heavy (non-hydrogen) atoms. The summed E-state index contributed by atoms with van der Waals surface area (Å²) in [7, 11) is 0. The molecule has 0 aromatic heterocycles. The summed E-state index contributed by atoms with van der Waals surface area (Å²) in [5.74, 6) is 0.901. The number of hydrogen-bond donors (Lipinski definition) is 0. The van der Waals surface area contributed by atoms with Gasteiger partial charge in [-0.05, 0) is 23.8 Å². The van der Waals surface area contributed by atoms with Gasteiger partial charge in [-0.25, -0.2) is 5.01 Å². The molecule has 0 saturated heterocycles. The molecule has 0 amide bonds. The Kier molecular flexibility index (Phi) is 3.65. The van der Waals surface area contributed by atoms with Gasteiger partial charge in [-0.1, -0.05) is 60.7 Å². The molecule has 3 aromatic carbocycles. The first-order valence-electron chi connectivity index (χ1n) is 9.00. The highest BCUT2D eigenvalue weighted by atomic mass is 16.5. The van der Waals surface area contributed by atoms with Crippen LogP contribution in [0.2, 0.25) is 0 Å². The van der Waals surface area contributed by atoms with E-state index < -0.39 is 0 Å². The number of para-hydroxylation sites is 1. The number of hydrazone groups is 1. The Morgan fingerprint density at radius 1 is 0.926 bits per heavy atom. The fourth-order valence-corrected chi connectivity index (χ4v) is 3.78. The Hall–Kier alpha value is -3.58. The summed E-state index contributed by atoms with van der Waals surface area (Å²) in [4.78, 5) is 0. The summed E-state index contributed by atoms with van der Waals surface area (Å²) in [6, 6.07) is 28.3. The van der Waals surface area contributed by atoms with Gasteiger partial charge in [-0.15, -0.1) is 0 Å². The summed E-state index contributed by atoms with van der Waals surface area (Å²) < 4.78 is 6.33. The Labute approximate surface area is 157 Å². The molecule has 0 aliphatic carbocycles. The number of fused-ring (bicyclic) bond motifs is 3. The maximum absolute atomic E-state index is 9.07. The summed E-state index contributed by atoms with van der Waals surface area (Å²) in [5.41, 5.74) is 5.01. The van der Waals surface area contributed by atoms with Crippen molar-refractivity contribution in [2.24, 2.45) is 5.10 Å². The van der Waals surface area contributed by atoms with E-state index in [-0.39, 0.29) is 12.3 Å². The highest BCUT2D eigenvalue weighted by molar-refractivity contribution is 6.01. The number of hydrogen-bond acceptors (Lipinski definition) is 4. The lowest BCUT2D eigenvalue weighted by molar-refractivity contribution is -0.0190. The van der Waals surface area contributed by atoms with Crippen LogP contribution >= 0.6 is 0 Å². The van der Waals surface area contributed by atoms with Crippen molar-refractivity contribution in [3.8, 4) is 11.8 Å². The molecule has 2 aliphatic heterocycles. The molecule has 0 N–H and O–H groups in total. The van der Waals surface area contributed by atoms with Crippen LogP contribution in [0.4, 0.5) is 0 Å². The minimum absolute atomic E-state index is 0.144. The normalized spacial score (nSPS) is 20.1. The van der Waals surface area contributed by atoms with Gasteiger partial charge >= 0.3 is 0 Å². The van der Waals surface area contributed by atoms with Gasteiger partial charge in [0, 0.05) is 17.5 Å². The minimum atomic E-state index is -0.307. The zero-order valence-electron chi connectivity index (χ0n) is 14.6. The number of nitrogens with zero attached hydrogens (tertiary/aromatic N) is 3. The first-order chi connectivity index (χ1) is 13.3. The SMILES string of the molecule is N#Cc1ccc(C2Oc3ccccc3C3CC(c4ccccc4)=NN32)cc1. The summed E-state index contributed by atoms with van der Waals surface area (Å²) in [5, 5.41) is 16.1. The van der Waals surface area contributed by atoms with Gasteiger partial charge in [0.05, 0.1) is 23.4 Å². The zero-order chi connectivity index (χ0) is 18.2. The van der Waals surface area contributed by atoms with Crippen molar-refractivity contribution < 1.29 is 4.74 Å². The van der Waals surface area contributed by atoms with Crippen LogP contribution in [0.3, 0.4) is 0 Å². The van der Waals surface area contributed by atoms with Gasteiger partial charge in [-0.3, -0.25) is 0 Å². The number of benzene rings is 3. The fraction of sp³-hybridized carbons (Fsp3) is 0.130. The van der Waals surface area contributed by atoms with E-state index in [9.17, 15) is 0 Å². The third-order valence-electron chi connectivity index (χ3n) is 5.13. The second-order valence-electron chi connectivity index (χ2n) is 6.75. The second kappa shape index (κ2) is 6.30. The molecular formula is C23H17N3O. The summed E-state index contributed by atoms with van der Waals surface area (Å²) in [6.45, 7) is 0. The summed E-state index contributed by atoms with van der Waals surface area (Å²) >= 11 is 0. The molecule has 4 nitrogen and oxygen atoms in total. The van der Waals surface area contributed by atoms with E-state index >= 15 is 0 Å². The molecule has 2 atom stereocenters. The van der Waals surface area contributed by atoms with Crippen molar-refractivity contribution in [2.75, 3.05) is 0 Å². The van der Waals surface area contributed by atoms with E-state index in [1.807, 2.05) is 60.7 Å². The molecule has 0 radical (unpaired) electrons. The predicted octanol–water partition coefficient (Wildman–Crippen LogP) is 4.80. The molecule has 130 valence electrons. The molecule has 3 aromatic rings. The quantitative estimate of drug-likeness (QED) is 0.666. The van der Waals surface area contributed by atoms with Crippen molar-refractivity contribution in [3.63, 3.8) is 0 Å². The topological polar surface area (TPSA) is 48.6 Å². The van der Waals surface area contributed by atoms with Crippen molar-refractivity contribution in [1.82, 2.24) is 5.01 Å². The lowest BCUT2D eigenvalue weighted by atomic mass is 9.96. The Balaban J connectivity index is 1.59. The lowest BCUT2D eigenvalue weighted by Gasteiger charge is -2.38. The van der Waals surface area contributed by atoms with Gasteiger partial charge in [0.25, 0.3) is 0 Å². The van der Waals surface area contributed by atoms with Crippen LogP contribution in [0.5, 0.6) is 5.75 Å². The van der Waals surface area contributed by atoms with E-state index in [4.69, 9.17) is 15.1 Å². The van der Waals surface area contributed by atoms with Gasteiger partial charge in [-0.2, -0.15) is 10.4 Å². The maximum Gasteiger partial charge on any atom is 0.213 e. The van der Waals surface area contributed by atoms with E-state index in [2.05, 4.69) is 29.3 Å². The average molecular weight is 351 g/mol. The standard InChI is InChI=1S/C23H17N3O/c24-15-16-10-12-18(13-11-16)23-26-21(19-8-4-5-9-22(19)27-23)14-20(25-26)17-6-2-1-3-7-17/h1-13,21,23H,14H2. The first-order valence-corrected chi connectivity index (χ1v) is 9.00. The largest absolute Gasteiger partial charge is 0.464 e. The van der Waals surface area contributed by atoms with Crippen LogP contribution in [0.25, 0.3) is 0 Å². The molecular weight excluding hydrogens is 334 g/mol. The number of rotatable bonds is 2. The van der Waals surface area contributed by atoms with Crippen LogP contribution < -0.4 is 4.74 Å². The molecule has 5 rings (SSSR count). The lowest BCUT2D eigenvalue weighted by Crippen LogP contribution is -2.33. The molecule has 0 bridgehead atoms. The van der Waals surface area contributed by atoms with Crippen LogP contribution in [0.15, 0.2) is 84.0 Å². The van der Waals surface area contributed by atoms with Crippen molar-refractivity contribution in [3.05, 3.63) is 101 Å². The average Bonchev–Trinajstić information content (AvgIpc) is 3.20. The molecule has 0 spiro atoms. The molecule has 2 heterocycles. The van der Waals surface area contributed by atoms with Gasteiger partial charge in [0.1, 0.15) is 5.75 Å². The smallest absolute Gasteiger partial charge is 0.213 e. The Morgan fingerprint density at radius 2 is 1.67 bits per heavy atom. The van der Waals surface area contributed by atoms with Crippen LogP contribution in [0, 0.1) is 11.3 Å². The van der Waals surface area contributed by atoms with Crippen LogP contribution in [0.1, 0.15) is 40.9 Å². The predicted molar refractivity (Wildman–Crippen MR) is 103 cm³/mol. The monoisotopic (exact) mass is 351 g/mol. The first kappa shape index (κ1) is 15.7. The fourth-order valence-electron chi connectivity index (χ4n) is 3.78. The Morgan fingerprint density at radius 3 is 2.44 bits per heavy atom. The van der Waals surface area contributed by atoms with E-state index in [0.29, 0.717) is 5.56 Å². The van der Waals surface area contributed by atoms with Crippen molar-refractivity contribution in [1.29, 1.82) is 5.26 Å². The molecule has 0 fully saturated rings. The third kappa shape index (κ3) is 2.65. The van der Waals surface area contributed by atoms with Crippen LogP contribution in [-0.4, -0.2) is 10.7 Å². The summed E-state index contributed by atoms with van der Waals surface area (Å²) in [6.07, 6.45) is 0.538. The number of nitriles is 1. The third-order valence-corrected chi connectivity index (χ3v) is 5.13. The van der Waals surface area contributed by atoms with Crippen molar-refractivity contribution >= 4 is 5.71 Å². The number of ether oxygens (including phenoxy) is 1. The minimum Gasteiger partial charge on any atom is -0.464 e. The molecule has 0 saturated carbocycles. The highest BCUT2D eigenvalue weighted by Crippen LogP contribution is 2.47. The van der Waals surface area contributed by atoms with Crippen molar-refractivity contribution in [2.45, 2.75) is 18.7 Å². The maximum atomic E-state index is 9.07.